The van der Waals surface area contributed by atoms with Crippen LogP contribution >= 0.6 is 0 Å². The Bertz CT molecular complexity index is 660. The average Bonchev–Trinajstić information content (AvgIpc) is 2.76. The smallest absolute Gasteiger partial charge is 0.333 e. The first-order chi connectivity index (χ1) is 17.6. The maximum absolute atomic E-state index is 11.4. The van der Waals surface area contributed by atoms with E-state index in [9.17, 15) is 9.90 Å². The van der Waals surface area contributed by atoms with Crippen molar-refractivity contribution in [3.8, 4) is 0 Å². The van der Waals surface area contributed by atoms with Crippen LogP contribution in [0.15, 0.2) is 12.2 Å². The summed E-state index contributed by atoms with van der Waals surface area (Å²) in [5.41, 5.74) is 0.386. The minimum Gasteiger partial charge on any atom is -0.460 e. The van der Waals surface area contributed by atoms with E-state index < -0.39 is 37.3 Å². The molecule has 1 unspecified atom stereocenters. The second-order valence-electron chi connectivity index (χ2n) is 11.3. The van der Waals surface area contributed by atoms with E-state index in [0.29, 0.717) is 45.0 Å². The van der Waals surface area contributed by atoms with Crippen molar-refractivity contribution in [2.45, 2.75) is 77.2 Å². The number of nitrogens with zero attached hydrogens (tertiary/aromatic N) is 1. The molecule has 13 heteroatoms. The van der Waals surface area contributed by atoms with Crippen LogP contribution in [-0.2, 0) is 27.2 Å². The summed E-state index contributed by atoms with van der Waals surface area (Å²) < 4.78 is 29.6. The van der Waals surface area contributed by atoms with Crippen molar-refractivity contribution in [2.24, 2.45) is 0 Å². The fourth-order valence-corrected chi connectivity index (χ4v) is 18.2. The molecule has 0 fully saturated rings. The van der Waals surface area contributed by atoms with Crippen LogP contribution in [0.25, 0.3) is 0 Å². The fraction of sp³-hybridized carbons (Fsp3) is 0.880. The predicted molar refractivity (Wildman–Crippen MR) is 157 cm³/mol. The Morgan fingerprint density at radius 3 is 1.82 bits per heavy atom. The molecule has 0 aromatic rings. The molecule has 0 aliphatic rings. The molecule has 0 rings (SSSR count). The minimum absolute atomic E-state index is 0.0128. The topological polar surface area (TPSA) is 127 Å². The molecular weight excluding hydrogens is 543 g/mol. The minimum atomic E-state index is -2.31. The number of carbonyl (C=O) groups is 1. The molecule has 10 nitrogen and oxygen atoms in total. The summed E-state index contributed by atoms with van der Waals surface area (Å²) in [6, 6.07) is 1.90. The molecule has 0 aromatic carbocycles. The summed E-state index contributed by atoms with van der Waals surface area (Å²) in [5, 5.41) is 28.3. The molecule has 3 N–H and O–H groups in total. The molecule has 226 valence electrons. The van der Waals surface area contributed by atoms with Gasteiger partial charge in [0.25, 0.3) is 0 Å². The second-order valence-corrected chi connectivity index (χ2v) is 23.8. The molecule has 0 aliphatic heterocycles. The van der Waals surface area contributed by atoms with Gasteiger partial charge in [-0.3, -0.25) is 4.90 Å². The van der Waals surface area contributed by atoms with Crippen LogP contribution < -0.4 is 0 Å². The van der Waals surface area contributed by atoms with Crippen molar-refractivity contribution in [2.75, 3.05) is 65.9 Å². The fourth-order valence-electron chi connectivity index (χ4n) is 4.22. The molecule has 0 aliphatic carbocycles. The number of hydrogen-bond acceptors (Lipinski definition) is 10. The summed E-state index contributed by atoms with van der Waals surface area (Å²) in [4.78, 5) is 13.2. The van der Waals surface area contributed by atoms with E-state index in [1.165, 1.54) is 0 Å². The van der Waals surface area contributed by atoms with E-state index in [1.54, 1.807) is 6.92 Å². The Balaban J connectivity index is 4.24. The standard InChI is InChI=1S/C25H55NO9Si3/c1-23(2)25(30)33-18-17-31-15-9-19-36(3,4)34-38(7,8)35-37(5,6)20-10-16-32-22-24(29)21-26(11-13-27)12-14-28/h24,27-29H,1,9-22H2,2-8H3. The van der Waals surface area contributed by atoms with Crippen LogP contribution in [0.5, 0.6) is 0 Å². The third-order valence-electron chi connectivity index (χ3n) is 5.60. The molecule has 0 saturated heterocycles. The van der Waals surface area contributed by atoms with E-state index in [1.807, 2.05) is 4.90 Å². The third-order valence-corrected chi connectivity index (χ3v) is 17.1. The number of aliphatic hydroxyl groups excluding tert-OH is 3. The first kappa shape index (κ1) is 37.5. The van der Waals surface area contributed by atoms with Crippen molar-refractivity contribution in [1.29, 1.82) is 0 Å². The maximum Gasteiger partial charge on any atom is 0.333 e. The molecule has 0 saturated carbocycles. The van der Waals surface area contributed by atoms with Gasteiger partial charge in [-0.2, -0.15) is 0 Å². The molecule has 0 spiro atoms. The van der Waals surface area contributed by atoms with Crippen molar-refractivity contribution >= 4 is 31.2 Å². The quantitative estimate of drug-likeness (QED) is 0.0661. The van der Waals surface area contributed by atoms with Gasteiger partial charge in [-0.05, 0) is 71.1 Å². The summed E-state index contributed by atoms with van der Waals surface area (Å²) >= 11 is 0. The van der Waals surface area contributed by atoms with E-state index in [2.05, 4.69) is 45.9 Å². The van der Waals surface area contributed by atoms with Crippen molar-refractivity contribution in [1.82, 2.24) is 4.90 Å². The highest BCUT2D eigenvalue weighted by molar-refractivity contribution is 6.87. The molecule has 0 heterocycles. The van der Waals surface area contributed by atoms with E-state index in [4.69, 9.17) is 32.7 Å². The summed E-state index contributed by atoms with van der Waals surface area (Å²) in [6.07, 6.45) is 1.08. The van der Waals surface area contributed by atoms with Gasteiger partial charge in [0, 0.05) is 38.4 Å². The number of aliphatic hydroxyl groups is 3. The van der Waals surface area contributed by atoms with Gasteiger partial charge in [-0.1, -0.05) is 6.58 Å². The lowest BCUT2D eigenvalue weighted by atomic mass is 10.3. The van der Waals surface area contributed by atoms with Crippen molar-refractivity contribution in [3.63, 3.8) is 0 Å². The largest absolute Gasteiger partial charge is 0.460 e. The van der Waals surface area contributed by atoms with E-state index >= 15 is 0 Å². The molecule has 1 atom stereocenters. The molecule has 0 bridgehead atoms. The Kier molecular flexibility index (Phi) is 19.4. The van der Waals surface area contributed by atoms with Gasteiger partial charge in [0.1, 0.15) is 6.61 Å². The third kappa shape index (κ3) is 20.4. The Morgan fingerprint density at radius 1 is 0.842 bits per heavy atom. The summed E-state index contributed by atoms with van der Waals surface area (Å²) in [6.45, 7) is 21.4. The van der Waals surface area contributed by atoms with Crippen LogP contribution in [0, 0.1) is 0 Å². The van der Waals surface area contributed by atoms with Crippen LogP contribution in [0.2, 0.25) is 51.4 Å². The Labute approximate surface area is 233 Å². The number of rotatable bonds is 24. The highest BCUT2D eigenvalue weighted by Gasteiger charge is 2.39. The molecule has 0 radical (unpaired) electrons. The number of carbonyl (C=O) groups excluding carboxylic acids is 1. The zero-order chi connectivity index (χ0) is 29.2. The number of esters is 1. The van der Waals surface area contributed by atoms with Gasteiger partial charge in [0.05, 0.1) is 32.5 Å². The van der Waals surface area contributed by atoms with Crippen molar-refractivity contribution in [3.05, 3.63) is 12.2 Å². The zero-order valence-corrected chi connectivity index (χ0v) is 27.9. The summed E-state index contributed by atoms with van der Waals surface area (Å²) in [5.74, 6) is -0.391. The lowest BCUT2D eigenvalue weighted by Crippen LogP contribution is -2.52. The van der Waals surface area contributed by atoms with Crippen molar-refractivity contribution < 1.29 is 42.6 Å². The van der Waals surface area contributed by atoms with Gasteiger partial charge >= 0.3 is 14.5 Å². The lowest BCUT2D eigenvalue weighted by Gasteiger charge is -2.38. The number of ether oxygens (including phenoxy) is 3. The Morgan fingerprint density at radius 2 is 1.34 bits per heavy atom. The van der Waals surface area contributed by atoms with E-state index in [-0.39, 0.29) is 26.4 Å². The van der Waals surface area contributed by atoms with E-state index in [0.717, 1.165) is 24.9 Å². The Hall–Kier alpha value is -0.459. The highest BCUT2D eigenvalue weighted by atomic mass is 28.5. The van der Waals surface area contributed by atoms with Crippen LogP contribution in [0.4, 0.5) is 0 Å². The van der Waals surface area contributed by atoms with Crippen LogP contribution in [0.3, 0.4) is 0 Å². The normalized spacial score (nSPS) is 13.7. The molecule has 38 heavy (non-hydrogen) atoms. The summed E-state index contributed by atoms with van der Waals surface area (Å²) in [7, 11) is -6.19. The lowest BCUT2D eigenvalue weighted by molar-refractivity contribution is -0.140. The van der Waals surface area contributed by atoms with Gasteiger partial charge in [-0.15, -0.1) is 0 Å². The monoisotopic (exact) mass is 597 g/mol. The first-order valence-corrected chi connectivity index (χ1v) is 22.7. The van der Waals surface area contributed by atoms with Crippen LogP contribution in [-0.4, -0.2) is 123 Å². The molecule has 0 amide bonds. The SMILES string of the molecule is C=C(C)C(=O)OCCOCCC[Si](C)(C)O[Si](C)(C)O[Si](C)(C)CCCOCC(O)CN(CCO)CCO. The van der Waals surface area contributed by atoms with Gasteiger partial charge in [0.2, 0.25) is 0 Å². The van der Waals surface area contributed by atoms with Gasteiger partial charge < -0.3 is 37.8 Å². The first-order valence-electron chi connectivity index (χ1n) is 13.6. The van der Waals surface area contributed by atoms with Gasteiger partial charge in [-0.25, -0.2) is 4.79 Å². The zero-order valence-electron chi connectivity index (χ0n) is 24.9. The van der Waals surface area contributed by atoms with Gasteiger partial charge in [0.15, 0.2) is 16.6 Å². The number of hydrogen-bond donors (Lipinski definition) is 3. The average molecular weight is 598 g/mol. The van der Waals surface area contributed by atoms with Crippen LogP contribution in [0.1, 0.15) is 19.8 Å². The molecular formula is C25H55NO9Si3. The predicted octanol–water partition coefficient (Wildman–Crippen LogP) is 2.71. The molecule has 0 aromatic heterocycles. The second kappa shape index (κ2) is 19.6. The highest BCUT2D eigenvalue weighted by Crippen LogP contribution is 2.26. The maximum atomic E-state index is 11.4.